The van der Waals surface area contributed by atoms with Crippen LogP contribution in [0.5, 0.6) is 5.75 Å². The van der Waals surface area contributed by atoms with Crippen LogP contribution in [0.1, 0.15) is 36.1 Å². The number of pyridine rings is 1. The molecule has 1 fully saturated rings. The molecule has 28 heavy (non-hydrogen) atoms. The third-order valence-corrected chi connectivity index (χ3v) is 5.04. The van der Waals surface area contributed by atoms with Crippen molar-refractivity contribution in [2.24, 2.45) is 0 Å². The average Bonchev–Trinajstić information content (AvgIpc) is 3.28. The van der Waals surface area contributed by atoms with Gasteiger partial charge in [-0.3, -0.25) is 4.40 Å². The highest BCUT2D eigenvalue weighted by atomic mass is 19.1. The molecule has 4 rings (SSSR count). The number of aliphatic hydroxyl groups is 2. The monoisotopic (exact) mass is 389 g/mol. The van der Waals surface area contributed by atoms with Crippen LogP contribution in [-0.4, -0.2) is 32.7 Å². The molecule has 3 aromatic rings. The Labute approximate surface area is 160 Å². The van der Waals surface area contributed by atoms with E-state index >= 15 is 0 Å². The van der Waals surface area contributed by atoms with Crippen molar-refractivity contribution >= 4 is 11.3 Å². The molecular formula is C20H21F2N3O3. The van der Waals surface area contributed by atoms with E-state index in [-0.39, 0.29) is 17.9 Å². The second-order valence-electron chi connectivity index (χ2n) is 6.90. The highest BCUT2D eigenvalue weighted by molar-refractivity contribution is 5.64. The molecule has 8 heteroatoms. The number of nitrogens with zero attached hydrogens (tertiary/aromatic N) is 3. The van der Waals surface area contributed by atoms with Gasteiger partial charge in [-0.1, -0.05) is 6.07 Å². The Balaban J connectivity index is 1.78. The molecule has 3 heterocycles. The Morgan fingerprint density at radius 1 is 1.18 bits per heavy atom. The van der Waals surface area contributed by atoms with Gasteiger partial charge < -0.3 is 19.8 Å². The summed E-state index contributed by atoms with van der Waals surface area (Å²) in [6, 6.07) is 5.43. The SMILES string of the molecule is Cc1nc2c(OCc3c(F)cccc3F)cc(N3CCCC3)cn2c1C(O)O. The Kier molecular flexibility index (Phi) is 4.91. The van der Waals surface area contributed by atoms with Crippen LogP contribution in [0.2, 0.25) is 0 Å². The van der Waals surface area contributed by atoms with E-state index in [0.717, 1.165) is 31.6 Å². The maximum absolute atomic E-state index is 14.0. The maximum atomic E-state index is 14.0. The van der Waals surface area contributed by atoms with Crippen molar-refractivity contribution in [2.45, 2.75) is 32.7 Å². The standard InChI is InChI=1S/C20H21F2N3O3/c1-12-18(20(26)27)25-10-13(24-7-2-3-8-24)9-17(19(25)23-12)28-11-14-15(21)5-4-6-16(14)22/h4-6,9-10,20,26-27H,2-3,7-8,11H2,1H3. The summed E-state index contributed by atoms with van der Waals surface area (Å²) in [6.07, 6.45) is 2.20. The van der Waals surface area contributed by atoms with Gasteiger partial charge in [-0.05, 0) is 31.9 Å². The van der Waals surface area contributed by atoms with E-state index in [2.05, 4.69) is 9.88 Å². The van der Waals surface area contributed by atoms with E-state index in [0.29, 0.717) is 17.1 Å². The van der Waals surface area contributed by atoms with E-state index in [1.807, 2.05) is 0 Å². The number of anilines is 1. The molecule has 148 valence electrons. The fourth-order valence-corrected chi connectivity index (χ4v) is 3.62. The van der Waals surface area contributed by atoms with E-state index in [1.54, 1.807) is 23.6 Å². The second-order valence-corrected chi connectivity index (χ2v) is 6.90. The minimum atomic E-state index is -1.71. The van der Waals surface area contributed by atoms with Gasteiger partial charge >= 0.3 is 0 Å². The van der Waals surface area contributed by atoms with Crippen LogP contribution >= 0.6 is 0 Å². The molecule has 2 aromatic heterocycles. The molecule has 0 unspecified atom stereocenters. The highest BCUT2D eigenvalue weighted by Crippen LogP contribution is 2.32. The lowest BCUT2D eigenvalue weighted by atomic mass is 10.2. The van der Waals surface area contributed by atoms with Crippen LogP contribution in [0.15, 0.2) is 30.5 Å². The fraction of sp³-hybridized carbons (Fsp3) is 0.350. The third kappa shape index (κ3) is 3.29. The molecule has 6 nitrogen and oxygen atoms in total. The van der Waals surface area contributed by atoms with Crippen LogP contribution in [0.25, 0.3) is 5.65 Å². The molecule has 0 radical (unpaired) electrons. The van der Waals surface area contributed by atoms with E-state index in [4.69, 9.17) is 4.74 Å². The minimum Gasteiger partial charge on any atom is -0.485 e. The molecule has 0 aliphatic carbocycles. The molecule has 1 aliphatic rings. The van der Waals surface area contributed by atoms with Crippen molar-refractivity contribution < 1.29 is 23.7 Å². The topological polar surface area (TPSA) is 70.2 Å². The first-order chi connectivity index (χ1) is 13.5. The van der Waals surface area contributed by atoms with Crippen LogP contribution in [0.3, 0.4) is 0 Å². The number of aromatic nitrogens is 2. The molecule has 1 aromatic carbocycles. The molecule has 0 amide bonds. The van der Waals surface area contributed by atoms with Gasteiger partial charge in [0.15, 0.2) is 17.7 Å². The van der Waals surface area contributed by atoms with Crippen molar-refractivity contribution in [1.82, 2.24) is 9.38 Å². The van der Waals surface area contributed by atoms with Gasteiger partial charge in [-0.15, -0.1) is 0 Å². The number of benzene rings is 1. The summed E-state index contributed by atoms with van der Waals surface area (Å²) in [4.78, 5) is 6.52. The molecule has 2 N–H and O–H groups in total. The van der Waals surface area contributed by atoms with E-state index < -0.39 is 17.9 Å². The number of fused-ring (bicyclic) bond motifs is 1. The predicted octanol–water partition coefficient (Wildman–Crippen LogP) is 3.08. The summed E-state index contributed by atoms with van der Waals surface area (Å²) in [5.41, 5.74) is 1.69. The number of hydrogen-bond acceptors (Lipinski definition) is 5. The van der Waals surface area contributed by atoms with Gasteiger partial charge in [0.2, 0.25) is 0 Å². The first kappa shape index (κ1) is 18.6. The van der Waals surface area contributed by atoms with Crippen molar-refractivity contribution in [3.63, 3.8) is 0 Å². The van der Waals surface area contributed by atoms with Crippen molar-refractivity contribution in [2.75, 3.05) is 18.0 Å². The van der Waals surface area contributed by atoms with Gasteiger partial charge in [-0.2, -0.15) is 0 Å². The number of rotatable bonds is 5. The van der Waals surface area contributed by atoms with Gasteiger partial charge in [0, 0.05) is 25.4 Å². The van der Waals surface area contributed by atoms with Crippen molar-refractivity contribution in [3.05, 3.63) is 59.0 Å². The molecule has 0 atom stereocenters. The summed E-state index contributed by atoms with van der Waals surface area (Å²) in [6.45, 7) is 3.10. The third-order valence-electron chi connectivity index (χ3n) is 5.04. The van der Waals surface area contributed by atoms with Crippen LogP contribution in [-0.2, 0) is 6.61 Å². The van der Waals surface area contributed by atoms with Gasteiger partial charge in [0.05, 0.1) is 16.9 Å². The van der Waals surface area contributed by atoms with Gasteiger partial charge in [-0.25, -0.2) is 13.8 Å². The highest BCUT2D eigenvalue weighted by Gasteiger charge is 2.22. The zero-order valence-corrected chi connectivity index (χ0v) is 15.4. The first-order valence-corrected chi connectivity index (χ1v) is 9.15. The summed E-state index contributed by atoms with van der Waals surface area (Å²) in [5.74, 6) is -1.04. The van der Waals surface area contributed by atoms with Crippen LogP contribution < -0.4 is 9.64 Å². The summed E-state index contributed by atoms with van der Waals surface area (Å²) >= 11 is 0. The number of hydrogen-bond donors (Lipinski definition) is 2. The minimum absolute atomic E-state index is 0.169. The average molecular weight is 389 g/mol. The zero-order valence-electron chi connectivity index (χ0n) is 15.4. The zero-order chi connectivity index (χ0) is 19.8. The Bertz CT molecular complexity index is 993. The smallest absolute Gasteiger partial charge is 0.196 e. The normalized spacial score (nSPS) is 14.4. The molecular weight excluding hydrogens is 368 g/mol. The largest absolute Gasteiger partial charge is 0.485 e. The lowest BCUT2D eigenvalue weighted by Gasteiger charge is -2.20. The lowest BCUT2D eigenvalue weighted by Crippen LogP contribution is -2.18. The van der Waals surface area contributed by atoms with Gasteiger partial charge in [0.25, 0.3) is 0 Å². The summed E-state index contributed by atoms with van der Waals surface area (Å²) in [5, 5.41) is 19.5. The quantitative estimate of drug-likeness (QED) is 0.657. The summed E-state index contributed by atoms with van der Waals surface area (Å²) in [7, 11) is 0. The lowest BCUT2D eigenvalue weighted by molar-refractivity contribution is -0.0469. The van der Waals surface area contributed by atoms with Crippen molar-refractivity contribution in [1.29, 1.82) is 0 Å². The van der Waals surface area contributed by atoms with Crippen LogP contribution in [0.4, 0.5) is 14.5 Å². The Morgan fingerprint density at radius 3 is 2.50 bits per heavy atom. The fourth-order valence-electron chi connectivity index (χ4n) is 3.62. The Morgan fingerprint density at radius 2 is 1.86 bits per heavy atom. The molecule has 0 bridgehead atoms. The maximum Gasteiger partial charge on any atom is 0.196 e. The molecule has 1 aliphatic heterocycles. The number of ether oxygens (including phenoxy) is 1. The number of aliphatic hydroxyl groups excluding tert-OH is 1. The Hall–Kier alpha value is -2.71. The van der Waals surface area contributed by atoms with E-state index in [9.17, 15) is 19.0 Å². The predicted molar refractivity (Wildman–Crippen MR) is 99.2 cm³/mol. The number of imidazole rings is 1. The van der Waals surface area contributed by atoms with Crippen LogP contribution in [0, 0.1) is 18.6 Å². The van der Waals surface area contributed by atoms with E-state index in [1.165, 1.54) is 18.2 Å². The first-order valence-electron chi connectivity index (χ1n) is 9.15. The van der Waals surface area contributed by atoms with Gasteiger partial charge in [0.1, 0.15) is 23.9 Å². The summed E-state index contributed by atoms with van der Waals surface area (Å²) < 4.78 is 35.2. The molecule has 0 saturated carbocycles. The number of halogens is 2. The second kappa shape index (κ2) is 7.37. The molecule has 0 spiro atoms. The molecule has 1 saturated heterocycles. The van der Waals surface area contributed by atoms with Crippen molar-refractivity contribution in [3.8, 4) is 5.75 Å². The number of aryl methyl sites for hydroxylation is 1.